The molecule has 1 heteroatoms. The van der Waals surface area contributed by atoms with E-state index in [1.807, 2.05) is 0 Å². The lowest BCUT2D eigenvalue weighted by Gasteiger charge is -2.29. The maximum absolute atomic E-state index is 6.40. The van der Waals surface area contributed by atoms with Gasteiger partial charge in [0.15, 0.2) is 0 Å². The highest BCUT2D eigenvalue weighted by molar-refractivity contribution is 5.16. The molecule has 5 unspecified atom stereocenters. The van der Waals surface area contributed by atoms with Gasteiger partial charge >= 0.3 is 0 Å². The fourth-order valence-corrected chi connectivity index (χ4v) is 4.45. The van der Waals surface area contributed by atoms with Crippen LogP contribution >= 0.6 is 0 Å². The smallest absolute Gasteiger partial charge is 0.0122 e. The number of hydrogen-bond donors (Lipinski definition) is 1. The number of fused-ring (bicyclic) bond motifs is 5. The van der Waals surface area contributed by atoms with E-state index in [4.69, 9.17) is 5.73 Å². The summed E-state index contributed by atoms with van der Waals surface area (Å²) in [5.41, 5.74) is 6.71. The van der Waals surface area contributed by atoms with Gasteiger partial charge in [0, 0.05) is 6.04 Å². The molecule has 0 amide bonds. The normalized spacial score (nSPS) is 51.9. The van der Waals surface area contributed by atoms with Gasteiger partial charge in [-0.25, -0.2) is 0 Å². The van der Waals surface area contributed by atoms with Crippen molar-refractivity contribution in [3.63, 3.8) is 0 Å². The van der Waals surface area contributed by atoms with Crippen molar-refractivity contribution in [2.45, 2.75) is 46.1 Å². The van der Waals surface area contributed by atoms with E-state index < -0.39 is 0 Å². The fourth-order valence-electron chi connectivity index (χ4n) is 4.45. The van der Waals surface area contributed by atoms with Crippen LogP contribution in [0.4, 0.5) is 0 Å². The van der Waals surface area contributed by atoms with Crippen LogP contribution < -0.4 is 5.73 Å². The summed E-state index contributed by atoms with van der Waals surface area (Å²) in [5.74, 6) is 5.12. The molecule has 0 heterocycles. The molecule has 3 aliphatic rings. The second-order valence-electron chi connectivity index (χ2n) is 6.96. The third-order valence-electron chi connectivity index (χ3n) is 5.21. The molecule has 3 fully saturated rings. The molecule has 14 heavy (non-hydrogen) atoms. The van der Waals surface area contributed by atoms with Crippen molar-refractivity contribution in [3.8, 4) is 0 Å². The maximum atomic E-state index is 6.40. The second-order valence-corrected chi connectivity index (χ2v) is 6.96. The monoisotopic (exact) mass is 193 g/mol. The fraction of sp³-hybridized carbons (Fsp3) is 1.00. The van der Waals surface area contributed by atoms with Crippen molar-refractivity contribution in [1.82, 2.24) is 0 Å². The van der Waals surface area contributed by atoms with Crippen LogP contribution in [-0.2, 0) is 0 Å². The van der Waals surface area contributed by atoms with Crippen molar-refractivity contribution >= 4 is 0 Å². The van der Waals surface area contributed by atoms with Gasteiger partial charge in [0.05, 0.1) is 0 Å². The number of rotatable bonds is 1. The first-order valence-corrected chi connectivity index (χ1v) is 6.26. The van der Waals surface area contributed by atoms with Gasteiger partial charge < -0.3 is 5.73 Å². The van der Waals surface area contributed by atoms with Crippen molar-refractivity contribution < 1.29 is 0 Å². The zero-order valence-corrected chi connectivity index (χ0v) is 9.66. The van der Waals surface area contributed by atoms with E-state index in [9.17, 15) is 0 Å². The Kier molecular flexibility index (Phi) is 1.68. The quantitative estimate of drug-likeness (QED) is 0.680. The van der Waals surface area contributed by atoms with Gasteiger partial charge in [-0.1, -0.05) is 20.8 Å². The van der Waals surface area contributed by atoms with E-state index >= 15 is 0 Å². The van der Waals surface area contributed by atoms with Crippen molar-refractivity contribution in [1.29, 1.82) is 0 Å². The topological polar surface area (TPSA) is 26.0 Å². The molecule has 0 radical (unpaired) electrons. The van der Waals surface area contributed by atoms with Gasteiger partial charge in [0.25, 0.3) is 0 Å². The van der Waals surface area contributed by atoms with Gasteiger partial charge in [0.2, 0.25) is 0 Å². The van der Waals surface area contributed by atoms with Gasteiger partial charge in [-0.2, -0.15) is 0 Å². The first-order chi connectivity index (χ1) is 6.50. The molecular weight excluding hydrogens is 170 g/mol. The Bertz CT molecular complexity index is 236. The zero-order valence-electron chi connectivity index (χ0n) is 9.66. The SMILES string of the molecule is CC(C)(C)C(N)C1C2C3CCC(C3)C21. The molecule has 0 saturated heterocycles. The van der Waals surface area contributed by atoms with Gasteiger partial charge in [0.1, 0.15) is 0 Å². The predicted octanol–water partition coefficient (Wildman–Crippen LogP) is 2.65. The molecule has 0 aromatic heterocycles. The van der Waals surface area contributed by atoms with E-state index in [0.717, 1.165) is 29.6 Å². The Balaban J connectivity index is 1.74. The average molecular weight is 193 g/mol. The Morgan fingerprint density at radius 2 is 1.57 bits per heavy atom. The molecule has 3 rings (SSSR count). The molecule has 2 bridgehead atoms. The van der Waals surface area contributed by atoms with Crippen LogP contribution in [0.2, 0.25) is 0 Å². The highest BCUT2D eigenvalue weighted by Gasteiger charge is 2.67. The van der Waals surface area contributed by atoms with Crippen molar-refractivity contribution in [2.75, 3.05) is 0 Å². The summed E-state index contributed by atoms with van der Waals surface area (Å²) in [6.45, 7) is 6.90. The molecule has 5 atom stereocenters. The van der Waals surface area contributed by atoms with Crippen LogP contribution in [0.3, 0.4) is 0 Å². The molecular formula is C13H23N. The van der Waals surface area contributed by atoms with Crippen LogP contribution in [-0.4, -0.2) is 6.04 Å². The number of nitrogens with two attached hydrogens (primary N) is 1. The van der Waals surface area contributed by atoms with Gasteiger partial charge in [-0.05, 0) is 54.3 Å². The minimum absolute atomic E-state index is 0.314. The third-order valence-corrected chi connectivity index (χ3v) is 5.21. The Morgan fingerprint density at radius 1 is 1.07 bits per heavy atom. The lowest BCUT2D eigenvalue weighted by molar-refractivity contribution is 0.255. The summed E-state index contributed by atoms with van der Waals surface area (Å²) in [6, 6.07) is 0.445. The highest BCUT2D eigenvalue weighted by atomic mass is 14.8. The van der Waals surface area contributed by atoms with Crippen molar-refractivity contribution in [3.05, 3.63) is 0 Å². The summed E-state index contributed by atoms with van der Waals surface area (Å²) in [7, 11) is 0. The maximum Gasteiger partial charge on any atom is 0.0122 e. The Morgan fingerprint density at radius 3 is 2.00 bits per heavy atom. The predicted molar refractivity (Wildman–Crippen MR) is 58.7 cm³/mol. The van der Waals surface area contributed by atoms with Crippen molar-refractivity contribution in [2.24, 2.45) is 40.7 Å². The van der Waals surface area contributed by atoms with E-state index in [-0.39, 0.29) is 0 Å². The summed E-state index contributed by atoms with van der Waals surface area (Å²) >= 11 is 0. The van der Waals surface area contributed by atoms with E-state index in [1.165, 1.54) is 12.8 Å². The average Bonchev–Trinajstić information content (AvgIpc) is 2.50. The van der Waals surface area contributed by atoms with Crippen LogP contribution in [0.15, 0.2) is 0 Å². The molecule has 1 nitrogen and oxygen atoms in total. The standard InChI is InChI=1S/C13H23N/c1-13(2,3)12(14)11-9-7-4-5-8(6-7)10(9)11/h7-12H,4-6,14H2,1-3H3. The molecule has 0 aromatic carbocycles. The molecule has 3 aliphatic carbocycles. The molecule has 2 N–H and O–H groups in total. The van der Waals surface area contributed by atoms with Gasteiger partial charge in [-0.3, -0.25) is 0 Å². The van der Waals surface area contributed by atoms with E-state index in [2.05, 4.69) is 20.8 Å². The zero-order chi connectivity index (χ0) is 10.1. The molecule has 3 saturated carbocycles. The minimum Gasteiger partial charge on any atom is -0.327 e. The number of hydrogen-bond acceptors (Lipinski definition) is 1. The molecule has 0 aliphatic heterocycles. The summed E-state index contributed by atoms with van der Waals surface area (Å²) in [4.78, 5) is 0. The van der Waals surface area contributed by atoms with Crippen LogP contribution in [0.1, 0.15) is 40.0 Å². The third kappa shape index (κ3) is 1.05. The second kappa shape index (κ2) is 2.55. The minimum atomic E-state index is 0.314. The summed E-state index contributed by atoms with van der Waals surface area (Å²) in [6.07, 6.45) is 4.57. The van der Waals surface area contributed by atoms with E-state index in [1.54, 1.807) is 6.42 Å². The van der Waals surface area contributed by atoms with Crippen LogP contribution in [0, 0.1) is 35.0 Å². The van der Waals surface area contributed by atoms with Crippen LogP contribution in [0.25, 0.3) is 0 Å². The van der Waals surface area contributed by atoms with Gasteiger partial charge in [-0.15, -0.1) is 0 Å². The lowest BCUT2D eigenvalue weighted by Crippen LogP contribution is -2.38. The highest BCUT2D eigenvalue weighted by Crippen LogP contribution is 2.70. The molecule has 80 valence electrons. The molecule has 0 aromatic rings. The Labute approximate surface area is 87.4 Å². The van der Waals surface area contributed by atoms with Crippen LogP contribution in [0.5, 0.6) is 0 Å². The molecule has 0 spiro atoms. The Hall–Kier alpha value is -0.0400. The van der Waals surface area contributed by atoms with E-state index in [0.29, 0.717) is 11.5 Å². The lowest BCUT2D eigenvalue weighted by atomic mass is 9.81. The first-order valence-electron chi connectivity index (χ1n) is 6.26. The largest absolute Gasteiger partial charge is 0.327 e. The summed E-state index contributed by atoms with van der Waals surface area (Å²) < 4.78 is 0. The first kappa shape index (κ1) is 9.21. The summed E-state index contributed by atoms with van der Waals surface area (Å²) in [5, 5.41) is 0.